The topological polar surface area (TPSA) is 73.9 Å². The average molecular weight is 326 g/mol. The number of benzene rings is 2. The molecule has 2 rings (SSSR count). The minimum absolute atomic E-state index is 0.119. The van der Waals surface area contributed by atoms with Gasteiger partial charge in [-0.3, -0.25) is 0 Å². The zero-order chi connectivity index (χ0) is 17.2. The van der Waals surface area contributed by atoms with Crippen LogP contribution in [0.4, 0.5) is 4.79 Å². The van der Waals surface area contributed by atoms with Crippen LogP contribution in [0, 0.1) is 0 Å². The van der Waals surface area contributed by atoms with Crippen LogP contribution in [0.25, 0.3) is 0 Å². The van der Waals surface area contributed by atoms with Crippen molar-refractivity contribution in [2.45, 2.75) is 26.4 Å². The highest BCUT2D eigenvalue weighted by atomic mass is 16.5. The molecular weight excluding hydrogens is 304 g/mol. The number of amides is 1. The van der Waals surface area contributed by atoms with Gasteiger partial charge in [0, 0.05) is 5.56 Å². The fourth-order valence-corrected chi connectivity index (χ4v) is 1.97. The number of aliphatic imine (C=N–C) groups is 1. The molecule has 2 aromatic carbocycles. The van der Waals surface area contributed by atoms with Crippen LogP contribution in [0.3, 0.4) is 0 Å². The molecule has 0 spiro atoms. The number of carbonyl (C=O) groups is 1. The van der Waals surface area contributed by atoms with Crippen molar-refractivity contribution >= 4 is 11.9 Å². The van der Waals surface area contributed by atoms with Gasteiger partial charge in [-0.1, -0.05) is 43.7 Å². The molecular formula is C19H22N2O3. The van der Waals surface area contributed by atoms with E-state index in [9.17, 15) is 4.79 Å². The predicted octanol–water partition coefficient (Wildman–Crippen LogP) is 3.91. The van der Waals surface area contributed by atoms with E-state index in [2.05, 4.69) is 11.9 Å². The summed E-state index contributed by atoms with van der Waals surface area (Å²) in [6.07, 6.45) is 1.39. The Hall–Kier alpha value is -2.82. The largest absolute Gasteiger partial charge is 0.494 e. The third kappa shape index (κ3) is 5.76. The van der Waals surface area contributed by atoms with E-state index in [-0.39, 0.29) is 12.4 Å². The fraction of sp³-hybridized carbons (Fsp3) is 0.263. The second-order valence-electron chi connectivity index (χ2n) is 5.26. The molecule has 0 aliphatic rings. The lowest BCUT2D eigenvalue weighted by Crippen LogP contribution is -2.16. The molecule has 1 amide bonds. The van der Waals surface area contributed by atoms with Gasteiger partial charge in [-0.05, 0) is 36.2 Å². The maximum atomic E-state index is 11.7. The minimum atomic E-state index is -0.709. The number of nitrogens with two attached hydrogens (primary N) is 1. The van der Waals surface area contributed by atoms with E-state index in [1.807, 2.05) is 42.5 Å². The second-order valence-corrected chi connectivity index (χ2v) is 5.26. The first kappa shape index (κ1) is 17.5. The summed E-state index contributed by atoms with van der Waals surface area (Å²) in [5.74, 6) is 0.889. The lowest BCUT2D eigenvalue weighted by Gasteiger charge is -2.06. The molecule has 126 valence electrons. The maximum Gasteiger partial charge on any atom is 0.435 e. The summed E-state index contributed by atoms with van der Waals surface area (Å²) < 4.78 is 10.7. The number of hydrogen-bond donors (Lipinski definition) is 1. The van der Waals surface area contributed by atoms with E-state index in [1.54, 1.807) is 12.1 Å². The Morgan fingerprint density at radius 3 is 2.46 bits per heavy atom. The van der Waals surface area contributed by atoms with Crippen molar-refractivity contribution in [3.8, 4) is 5.75 Å². The number of ether oxygens (including phenoxy) is 2. The molecule has 0 aliphatic carbocycles. The number of amidine groups is 1. The molecule has 2 N–H and O–H groups in total. The molecule has 0 heterocycles. The third-order valence-electron chi connectivity index (χ3n) is 3.33. The monoisotopic (exact) mass is 326 g/mol. The molecule has 0 bridgehead atoms. The molecule has 0 aliphatic heterocycles. The van der Waals surface area contributed by atoms with Gasteiger partial charge in [0.25, 0.3) is 0 Å². The fourth-order valence-electron chi connectivity index (χ4n) is 1.97. The Balaban J connectivity index is 1.88. The van der Waals surface area contributed by atoms with Gasteiger partial charge in [-0.25, -0.2) is 4.79 Å². The van der Waals surface area contributed by atoms with Crippen molar-refractivity contribution < 1.29 is 14.3 Å². The van der Waals surface area contributed by atoms with Gasteiger partial charge in [0.1, 0.15) is 18.2 Å². The van der Waals surface area contributed by atoms with Gasteiger partial charge in [0.05, 0.1) is 6.61 Å². The number of hydrogen-bond acceptors (Lipinski definition) is 3. The lowest BCUT2D eigenvalue weighted by molar-refractivity contribution is 0.151. The van der Waals surface area contributed by atoms with E-state index in [1.165, 1.54) is 0 Å². The summed E-state index contributed by atoms with van der Waals surface area (Å²) in [5, 5.41) is 0. The van der Waals surface area contributed by atoms with Crippen LogP contribution in [0.1, 0.15) is 30.9 Å². The normalized spacial score (nSPS) is 11.1. The molecule has 0 radical (unpaired) electrons. The van der Waals surface area contributed by atoms with Crippen LogP contribution in [0.15, 0.2) is 59.6 Å². The summed E-state index contributed by atoms with van der Waals surface area (Å²) in [5.41, 5.74) is 7.39. The smallest absolute Gasteiger partial charge is 0.435 e. The molecule has 5 heteroatoms. The van der Waals surface area contributed by atoms with Gasteiger partial charge in [0.2, 0.25) is 0 Å². The van der Waals surface area contributed by atoms with Crippen LogP contribution >= 0.6 is 0 Å². The van der Waals surface area contributed by atoms with Crippen LogP contribution in [-0.4, -0.2) is 18.5 Å². The Morgan fingerprint density at radius 2 is 1.79 bits per heavy atom. The van der Waals surface area contributed by atoms with Crippen LogP contribution in [0.2, 0.25) is 0 Å². The summed E-state index contributed by atoms with van der Waals surface area (Å²) in [6, 6.07) is 16.6. The zero-order valence-electron chi connectivity index (χ0n) is 13.8. The number of carbonyl (C=O) groups excluding carboxylic acids is 1. The molecule has 24 heavy (non-hydrogen) atoms. The van der Waals surface area contributed by atoms with Crippen molar-refractivity contribution in [1.29, 1.82) is 0 Å². The Morgan fingerprint density at radius 1 is 1.08 bits per heavy atom. The molecule has 5 nitrogen and oxygen atoms in total. The van der Waals surface area contributed by atoms with Gasteiger partial charge >= 0.3 is 6.09 Å². The second kappa shape index (κ2) is 9.35. The van der Waals surface area contributed by atoms with E-state index in [0.717, 1.165) is 24.2 Å². The summed E-state index contributed by atoms with van der Waals surface area (Å²) in [7, 11) is 0. The predicted molar refractivity (Wildman–Crippen MR) is 94.2 cm³/mol. The Labute approximate surface area is 142 Å². The van der Waals surface area contributed by atoms with Crippen LogP contribution in [0.5, 0.6) is 5.75 Å². The third-order valence-corrected chi connectivity index (χ3v) is 3.33. The Kier molecular flexibility index (Phi) is 6.83. The highest BCUT2D eigenvalue weighted by molar-refractivity contribution is 6.02. The number of unbranched alkanes of at least 4 members (excludes halogenated alkanes) is 1. The van der Waals surface area contributed by atoms with Crippen molar-refractivity contribution in [2.75, 3.05) is 6.61 Å². The highest BCUT2D eigenvalue weighted by Crippen LogP contribution is 2.13. The molecule has 0 aromatic heterocycles. The zero-order valence-corrected chi connectivity index (χ0v) is 13.8. The first-order chi connectivity index (χ1) is 11.7. The average Bonchev–Trinajstić information content (AvgIpc) is 2.61. The standard InChI is InChI=1S/C19H22N2O3/c1-2-3-13-23-17-11-9-16(10-12-17)18(20)21-19(22)24-14-15-7-5-4-6-8-15/h4-12H,2-3,13-14H2,1H3,(H2,20,21,22). The Bertz CT molecular complexity index is 667. The number of nitrogens with zero attached hydrogens (tertiary/aromatic N) is 1. The van der Waals surface area contributed by atoms with Crippen molar-refractivity contribution in [1.82, 2.24) is 0 Å². The SMILES string of the molecule is CCCCOc1ccc(/C(N)=N/C(=O)OCc2ccccc2)cc1. The van der Waals surface area contributed by atoms with Crippen molar-refractivity contribution in [2.24, 2.45) is 10.7 Å². The first-order valence-corrected chi connectivity index (χ1v) is 7.97. The van der Waals surface area contributed by atoms with Gasteiger partial charge in [-0.2, -0.15) is 4.99 Å². The summed E-state index contributed by atoms with van der Waals surface area (Å²) in [4.78, 5) is 15.5. The van der Waals surface area contributed by atoms with E-state index in [4.69, 9.17) is 15.2 Å². The number of rotatable bonds is 7. The van der Waals surface area contributed by atoms with Gasteiger partial charge in [-0.15, -0.1) is 0 Å². The van der Waals surface area contributed by atoms with Crippen LogP contribution < -0.4 is 10.5 Å². The molecule has 2 aromatic rings. The summed E-state index contributed by atoms with van der Waals surface area (Å²) in [6.45, 7) is 2.96. The first-order valence-electron chi connectivity index (χ1n) is 7.97. The minimum Gasteiger partial charge on any atom is -0.494 e. The quantitative estimate of drug-likeness (QED) is 0.475. The molecule has 0 fully saturated rings. The molecule has 0 atom stereocenters. The highest BCUT2D eigenvalue weighted by Gasteiger charge is 2.05. The van der Waals surface area contributed by atoms with E-state index >= 15 is 0 Å². The molecule has 0 unspecified atom stereocenters. The van der Waals surface area contributed by atoms with Gasteiger partial charge in [0.15, 0.2) is 0 Å². The van der Waals surface area contributed by atoms with Crippen LogP contribution in [-0.2, 0) is 11.3 Å². The van der Waals surface area contributed by atoms with E-state index < -0.39 is 6.09 Å². The lowest BCUT2D eigenvalue weighted by atomic mass is 10.2. The van der Waals surface area contributed by atoms with Crippen molar-refractivity contribution in [3.05, 3.63) is 65.7 Å². The maximum absolute atomic E-state index is 11.7. The summed E-state index contributed by atoms with van der Waals surface area (Å²) >= 11 is 0. The van der Waals surface area contributed by atoms with Gasteiger partial charge < -0.3 is 15.2 Å². The van der Waals surface area contributed by atoms with E-state index in [0.29, 0.717) is 12.2 Å². The molecule has 0 saturated carbocycles. The molecule has 0 saturated heterocycles. The van der Waals surface area contributed by atoms with Crippen molar-refractivity contribution in [3.63, 3.8) is 0 Å².